The summed E-state index contributed by atoms with van der Waals surface area (Å²) in [7, 11) is 0. The summed E-state index contributed by atoms with van der Waals surface area (Å²) in [6.45, 7) is 4.33. The summed E-state index contributed by atoms with van der Waals surface area (Å²) in [6, 6.07) is 15.7. The number of fused-ring (bicyclic) bond motifs is 2. The molecule has 136 valence electrons. The van der Waals surface area contributed by atoms with Crippen molar-refractivity contribution in [3.63, 3.8) is 0 Å². The summed E-state index contributed by atoms with van der Waals surface area (Å²) >= 11 is 3.70. The topological polar surface area (TPSA) is 29.3 Å². The molecule has 4 rings (SSSR count). The molecule has 2 N–H and O–H groups in total. The van der Waals surface area contributed by atoms with E-state index in [1.54, 1.807) is 0 Å². The Hall–Kier alpha value is -1.42. The van der Waals surface area contributed by atoms with Crippen LogP contribution in [0.25, 0.3) is 12.2 Å². The second-order valence-corrected chi connectivity index (χ2v) is 8.45. The van der Waals surface area contributed by atoms with Gasteiger partial charge >= 0.3 is 0 Å². The number of piperidine rings is 1. The van der Waals surface area contributed by atoms with Gasteiger partial charge in [-0.25, -0.2) is 0 Å². The number of hydrogen-bond donors (Lipinski definition) is 1. The highest BCUT2D eigenvalue weighted by molar-refractivity contribution is 9.10. The van der Waals surface area contributed by atoms with Crippen molar-refractivity contribution in [2.75, 3.05) is 26.2 Å². The standard InChI is InChI=1S/C23H27BrN2/c24-20-9-8-18-7-6-17-4-1-2-5-21(17)23(22(18)16-20)19-10-14-26(15-11-19)13-3-12-25/h1-2,4-9,16,19,23H,3,10-15,25H2. The Balaban J connectivity index is 1.67. The highest BCUT2D eigenvalue weighted by Gasteiger charge is 2.31. The molecule has 0 radical (unpaired) electrons. The Bertz CT molecular complexity index is 791. The van der Waals surface area contributed by atoms with Crippen molar-refractivity contribution in [2.45, 2.75) is 25.2 Å². The average Bonchev–Trinajstić information content (AvgIpc) is 2.83. The number of likely N-dealkylation sites (tertiary alicyclic amines) is 1. The Labute approximate surface area is 165 Å². The molecule has 3 heteroatoms. The van der Waals surface area contributed by atoms with E-state index in [-0.39, 0.29) is 0 Å². The Kier molecular flexibility index (Phi) is 5.58. The van der Waals surface area contributed by atoms with Crippen molar-refractivity contribution < 1.29 is 0 Å². The monoisotopic (exact) mass is 410 g/mol. The first-order valence-corrected chi connectivity index (χ1v) is 10.5. The summed E-state index contributed by atoms with van der Waals surface area (Å²) in [5, 5.41) is 0. The summed E-state index contributed by atoms with van der Waals surface area (Å²) in [4.78, 5) is 2.59. The largest absolute Gasteiger partial charge is 0.330 e. The zero-order valence-electron chi connectivity index (χ0n) is 15.2. The SMILES string of the molecule is NCCCN1CCC(C2c3ccccc3C=Cc3ccc(Br)cc32)CC1. The Morgan fingerprint density at radius 2 is 1.69 bits per heavy atom. The third kappa shape index (κ3) is 3.66. The quantitative estimate of drug-likeness (QED) is 0.756. The number of hydrogen-bond acceptors (Lipinski definition) is 2. The fraction of sp³-hybridized carbons (Fsp3) is 0.391. The highest BCUT2D eigenvalue weighted by atomic mass is 79.9. The van der Waals surface area contributed by atoms with E-state index in [0.29, 0.717) is 11.8 Å². The van der Waals surface area contributed by atoms with Gasteiger partial charge in [0.2, 0.25) is 0 Å². The van der Waals surface area contributed by atoms with Crippen LogP contribution in [0.3, 0.4) is 0 Å². The predicted octanol–water partition coefficient (Wildman–Crippen LogP) is 5.13. The first-order chi connectivity index (χ1) is 12.8. The van der Waals surface area contributed by atoms with Gasteiger partial charge in [0.05, 0.1) is 0 Å². The van der Waals surface area contributed by atoms with Crippen molar-refractivity contribution in [2.24, 2.45) is 11.7 Å². The highest BCUT2D eigenvalue weighted by Crippen LogP contribution is 2.43. The van der Waals surface area contributed by atoms with Crippen molar-refractivity contribution in [3.8, 4) is 0 Å². The number of halogens is 1. The third-order valence-electron chi connectivity index (χ3n) is 5.94. The maximum atomic E-state index is 5.69. The lowest BCUT2D eigenvalue weighted by molar-refractivity contribution is 0.174. The predicted molar refractivity (Wildman–Crippen MR) is 114 cm³/mol. The number of nitrogens with zero attached hydrogens (tertiary/aromatic N) is 1. The molecule has 26 heavy (non-hydrogen) atoms. The van der Waals surface area contributed by atoms with Crippen molar-refractivity contribution >= 4 is 28.1 Å². The van der Waals surface area contributed by atoms with Crippen LogP contribution in [0.4, 0.5) is 0 Å². The first-order valence-electron chi connectivity index (χ1n) is 9.75. The molecule has 0 saturated carbocycles. The van der Waals surface area contributed by atoms with E-state index >= 15 is 0 Å². The van der Waals surface area contributed by atoms with Gasteiger partial charge in [-0.05, 0) is 85.7 Å². The van der Waals surface area contributed by atoms with E-state index in [0.717, 1.165) is 19.5 Å². The molecule has 1 unspecified atom stereocenters. The minimum atomic E-state index is 0.477. The van der Waals surface area contributed by atoms with Gasteiger partial charge < -0.3 is 10.6 Å². The van der Waals surface area contributed by atoms with Gasteiger partial charge in [-0.3, -0.25) is 0 Å². The van der Waals surface area contributed by atoms with Gasteiger partial charge in [-0.15, -0.1) is 0 Å². The second kappa shape index (κ2) is 8.08. The van der Waals surface area contributed by atoms with Gasteiger partial charge in [0.25, 0.3) is 0 Å². The fourth-order valence-corrected chi connectivity index (χ4v) is 4.97. The number of rotatable bonds is 4. The third-order valence-corrected chi connectivity index (χ3v) is 6.43. The summed E-state index contributed by atoms with van der Waals surface area (Å²) < 4.78 is 1.18. The lowest BCUT2D eigenvalue weighted by Crippen LogP contribution is -2.37. The van der Waals surface area contributed by atoms with Crippen molar-refractivity contribution in [1.29, 1.82) is 0 Å². The number of benzene rings is 2. The average molecular weight is 411 g/mol. The van der Waals surface area contributed by atoms with Gasteiger partial charge in [-0.1, -0.05) is 58.4 Å². The first kappa shape index (κ1) is 18.0. The molecule has 0 aromatic heterocycles. The summed E-state index contributed by atoms with van der Waals surface area (Å²) in [5.41, 5.74) is 11.4. The van der Waals surface area contributed by atoms with Crippen molar-refractivity contribution in [3.05, 3.63) is 69.2 Å². The summed E-state index contributed by atoms with van der Waals surface area (Å²) in [5.74, 6) is 1.17. The molecule has 0 bridgehead atoms. The lowest BCUT2D eigenvalue weighted by Gasteiger charge is -2.37. The van der Waals surface area contributed by atoms with Crippen molar-refractivity contribution in [1.82, 2.24) is 4.90 Å². The van der Waals surface area contributed by atoms with E-state index in [1.165, 1.54) is 52.7 Å². The Morgan fingerprint density at radius 1 is 0.962 bits per heavy atom. The fourth-order valence-electron chi connectivity index (χ4n) is 4.59. The molecular formula is C23H27BrN2. The molecule has 0 spiro atoms. The van der Waals surface area contributed by atoms with Crippen LogP contribution in [0.15, 0.2) is 46.9 Å². The van der Waals surface area contributed by atoms with Crippen LogP contribution in [0.1, 0.15) is 47.4 Å². The molecule has 1 atom stereocenters. The summed E-state index contributed by atoms with van der Waals surface area (Å²) in [6.07, 6.45) is 8.21. The molecule has 0 amide bonds. The maximum Gasteiger partial charge on any atom is 0.0178 e. The molecule has 2 nitrogen and oxygen atoms in total. The minimum absolute atomic E-state index is 0.477. The van der Waals surface area contributed by atoms with Crippen LogP contribution in [0.5, 0.6) is 0 Å². The zero-order valence-corrected chi connectivity index (χ0v) is 16.8. The molecule has 1 heterocycles. The molecule has 1 aliphatic carbocycles. The molecule has 2 aliphatic rings. The molecule has 1 saturated heterocycles. The van der Waals surface area contributed by atoms with Gasteiger partial charge in [0, 0.05) is 10.4 Å². The minimum Gasteiger partial charge on any atom is -0.330 e. The van der Waals surface area contributed by atoms with Crippen LogP contribution in [-0.4, -0.2) is 31.1 Å². The van der Waals surface area contributed by atoms with Gasteiger partial charge in [0.1, 0.15) is 0 Å². The molecule has 2 aromatic carbocycles. The van der Waals surface area contributed by atoms with E-state index in [4.69, 9.17) is 5.73 Å². The van der Waals surface area contributed by atoms with Crippen LogP contribution in [0.2, 0.25) is 0 Å². The second-order valence-electron chi connectivity index (χ2n) is 7.53. The Morgan fingerprint density at radius 3 is 2.46 bits per heavy atom. The van der Waals surface area contributed by atoms with Crippen LogP contribution >= 0.6 is 15.9 Å². The zero-order chi connectivity index (χ0) is 17.9. The van der Waals surface area contributed by atoms with E-state index in [2.05, 4.69) is 75.4 Å². The van der Waals surface area contributed by atoms with Gasteiger partial charge in [0.15, 0.2) is 0 Å². The lowest BCUT2D eigenvalue weighted by atomic mass is 9.74. The van der Waals surface area contributed by atoms with Crippen LogP contribution < -0.4 is 5.73 Å². The molecule has 2 aromatic rings. The maximum absolute atomic E-state index is 5.69. The van der Waals surface area contributed by atoms with Crippen LogP contribution in [0, 0.1) is 5.92 Å². The van der Waals surface area contributed by atoms with Crippen LogP contribution in [-0.2, 0) is 0 Å². The van der Waals surface area contributed by atoms with Gasteiger partial charge in [-0.2, -0.15) is 0 Å². The normalized spacial score (nSPS) is 20.5. The molecule has 1 aliphatic heterocycles. The van der Waals surface area contributed by atoms with E-state index < -0.39 is 0 Å². The molecular weight excluding hydrogens is 384 g/mol. The molecule has 1 fully saturated rings. The smallest absolute Gasteiger partial charge is 0.0178 e. The number of nitrogens with two attached hydrogens (primary N) is 1. The van der Waals surface area contributed by atoms with E-state index in [1.807, 2.05) is 0 Å². The van der Waals surface area contributed by atoms with E-state index in [9.17, 15) is 0 Å².